The largest absolute Gasteiger partial charge is 0.399 e. The fourth-order valence-corrected chi connectivity index (χ4v) is 3.16. The number of pyridine rings is 1. The van der Waals surface area contributed by atoms with Crippen molar-refractivity contribution in [3.05, 3.63) is 46.6 Å². The van der Waals surface area contributed by atoms with Crippen molar-refractivity contribution in [1.29, 1.82) is 0 Å². The summed E-state index contributed by atoms with van der Waals surface area (Å²) in [7, 11) is -4.22. The van der Waals surface area contributed by atoms with Crippen LogP contribution < -0.4 is 10.5 Å². The van der Waals surface area contributed by atoms with Crippen LogP contribution in [0.25, 0.3) is 0 Å². The van der Waals surface area contributed by atoms with Crippen molar-refractivity contribution in [3.8, 4) is 0 Å². The van der Waals surface area contributed by atoms with Crippen molar-refractivity contribution >= 4 is 37.5 Å². The number of nitrogen functional groups attached to an aromatic ring is 1. The van der Waals surface area contributed by atoms with E-state index in [2.05, 4.69) is 20.9 Å². The van der Waals surface area contributed by atoms with Gasteiger partial charge in [0.25, 0.3) is 10.0 Å². The first-order valence-corrected chi connectivity index (χ1v) is 7.46. The molecule has 106 valence electrons. The molecule has 0 saturated carbocycles. The minimum atomic E-state index is -4.22. The van der Waals surface area contributed by atoms with Crippen LogP contribution >= 0.6 is 15.9 Å². The van der Waals surface area contributed by atoms with Crippen molar-refractivity contribution in [3.63, 3.8) is 0 Å². The Kier molecular flexibility index (Phi) is 3.91. The SMILES string of the molecule is Nc1cc(Br)c(F)c(S(=O)(=O)Nc2ccc(F)cn2)c1. The Morgan fingerprint density at radius 2 is 1.95 bits per heavy atom. The quantitative estimate of drug-likeness (QED) is 0.820. The van der Waals surface area contributed by atoms with Gasteiger partial charge in [0.05, 0.1) is 10.7 Å². The number of anilines is 2. The lowest BCUT2D eigenvalue weighted by Gasteiger charge is -2.09. The number of sulfonamides is 1. The molecule has 0 atom stereocenters. The third-order valence-electron chi connectivity index (χ3n) is 2.27. The highest BCUT2D eigenvalue weighted by atomic mass is 79.9. The molecule has 1 heterocycles. The minimum absolute atomic E-state index is 0.0747. The van der Waals surface area contributed by atoms with E-state index in [1.165, 1.54) is 6.07 Å². The second-order valence-corrected chi connectivity index (χ2v) is 6.29. The lowest BCUT2D eigenvalue weighted by molar-refractivity contribution is 0.566. The number of hydrogen-bond donors (Lipinski definition) is 2. The summed E-state index contributed by atoms with van der Waals surface area (Å²) in [5.41, 5.74) is 5.56. The molecule has 0 aliphatic carbocycles. The maximum absolute atomic E-state index is 13.8. The molecular weight excluding hydrogens is 356 g/mol. The molecule has 0 saturated heterocycles. The molecule has 0 radical (unpaired) electrons. The van der Waals surface area contributed by atoms with Crippen molar-refractivity contribution < 1.29 is 17.2 Å². The number of nitrogens with two attached hydrogens (primary N) is 1. The van der Waals surface area contributed by atoms with E-state index in [0.717, 1.165) is 24.4 Å². The van der Waals surface area contributed by atoms with E-state index in [1.54, 1.807) is 0 Å². The Bertz CT molecular complexity index is 751. The third-order valence-corrected chi connectivity index (χ3v) is 4.20. The Morgan fingerprint density at radius 1 is 1.25 bits per heavy atom. The van der Waals surface area contributed by atoms with Crippen LogP contribution in [-0.2, 0) is 10.0 Å². The second kappa shape index (κ2) is 5.33. The zero-order valence-electron chi connectivity index (χ0n) is 9.77. The van der Waals surface area contributed by atoms with Crippen LogP contribution in [0, 0.1) is 11.6 Å². The van der Waals surface area contributed by atoms with Gasteiger partial charge >= 0.3 is 0 Å². The number of aromatic nitrogens is 1. The highest BCUT2D eigenvalue weighted by Crippen LogP contribution is 2.27. The maximum atomic E-state index is 13.8. The maximum Gasteiger partial charge on any atom is 0.266 e. The van der Waals surface area contributed by atoms with Crippen molar-refractivity contribution in [1.82, 2.24) is 4.98 Å². The summed E-state index contributed by atoms with van der Waals surface area (Å²) < 4.78 is 52.6. The Balaban J connectivity index is 2.43. The van der Waals surface area contributed by atoms with E-state index in [4.69, 9.17) is 5.73 Å². The zero-order chi connectivity index (χ0) is 14.9. The van der Waals surface area contributed by atoms with E-state index in [1.807, 2.05) is 4.72 Å². The number of halogens is 3. The minimum Gasteiger partial charge on any atom is -0.399 e. The number of benzene rings is 1. The van der Waals surface area contributed by atoms with E-state index in [9.17, 15) is 17.2 Å². The van der Waals surface area contributed by atoms with Gasteiger partial charge in [-0.15, -0.1) is 0 Å². The summed E-state index contributed by atoms with van der Waals surface area (Å²) in [5.74, 6) is -1.73. The monoisotopic (exact) mass is 363 g/mol. The Hall–Kier alpha value is -1.74. The summed E-state index contributed by atoms with van der Waals surface area (Å²) in [6.45, 7) is 0. The topological polar surface area (TPSA) is 85.1 Å². The molecule has 1 aromatic carbocycles. The van der Waals surface area contributed by atoms with Crippen molar-refractivity contribution in [2.75, 3.05) is 10.5 Å². The predicted molar refractivity (Wildman–Crippen MR) is 73.5 cm³/mol. The Morgan fingerprint density at radius 3 is 2.55 bits per heavy atom. The molecular formula is C11H8BrF2N3O2S. The van der Waals surface area contributed by atoms with Crippen LogP contribution in [0.15, 0.2) is 39.8 Å². The van der Waals surface area contributed by atoms with Gasteiger partial charge in [-0.3, -0.25) is 4.72 Å². The van der Waals surface area contributed by atoms with E-state index < -0.39 is 26.6 Å². The smallest absolute Gasteiger partial charge is 0.266 e. The summed E-state index contributed by atoms with van der Waals surface area (Å²) in [6, 6.07) is 4.36. The van der Waals surface area contributed by atoms with E-state index >= 15 is 0 Å². The molecule has 0 bridgehead atoms. The molecule has 9 heteroatoms. The lowest BCUT2D eigenvalue weighted by Crippen LogP contribution is -2.16. The van der Waals surface area contributed by atoms with Crippen LogP contribution in [0.5, 0.6) is 0 Å². The first kappa shape index (κ1) is 14.7. The lowest BCUT2D eigenvalue weighted by atomic mass is 10.3. The number of nitrogens with zero attached hydrogens (tertiary/aromatic N) is 1. The molecule has 3 N–H and O–H groups in total. The zero-order valence-corrected chi connectivity index (χ0v) is 12.2. The summed E-state index contributed by atoms with van der Waals surface area (Å²) in [4.78, 5) is 2.90. The molecule has 0 fully saturated rings. The average molecular weight is 364 g/mol. The standard InChI is InChI=1S/C11H8BrF2N3O2S/c12-8-3-7(15)4-9(11(8)14)20(18,19)17-10-2-1-6(13)5-16-10/h1-5H,15H2,(H,16,17). The highest BCUT2D eigenvalue weighted by molar-refractivity contribution is 9.10. The van der Waals surface area contributed by atoms with Gasteiger partial charge in [0.15, 0.2) is 5.82 Å². The van der Waals surface area contributed by atoms with Crippen molar-refractivity contribution in [2.24, 2.45) is 0 Å². The van der Waals surface area contributed by atoms with Gasteiger partial charge in [0, 0.05) is 5.69 Å². The van der Waals surface area contributed by atoms with Gasteiger partial charge in [-0.1, -0.05) is 0 Å². The molecule has 20 heavy (non-hydrogen) atoms. The fraction of sp³-hybridized carbons (Fsp3) is 0. The van der Waals surface area contributed by atoms with Gasteiger partial charge in [0.2, 0.25) is 0 Å². The molecule has 2 aromatic rings. The molecule has 0 aliphatic rings. The molecule has 0 amide bonds. The second-order valence-electron chi connectivity index (χ2n) is 3.78. The fourth-order valence-electron chi connectivity index (χ4n) is 1.41. The molecule has 0 spiro atoms. The normalized spacial score (nSPS) is 11.3. The molecule has 1 aromatic heterocycles. The molecule has 5 nitrogen and oxygen atoms in total. The van der Waals surface area contributed by atoms with Gasteiger partial charge in [-0.25, -0.2) is 22.2 Å². The van der Waals surface area contributed by atoms with Crippen LogP contribution in [0.1, 0.15) is 0 Å². The van der Waals surface area contributed by atoms with E-state index in [-0.39, 0.29) is 16.0 Å². The van der Waals surface area contributed by atoms with Crippen LogP contribution in [0.3, 0.4) is 0 Å². The number of nitrogens with one attached hydrogen (secondary N) is 1. The average Bonchev–Trinajstić information content (AvgIpc) is 2.36. The predicted octanol–water partition coefficient (Wildman–Crippen LogP) is 2.51. The summed E-state index contributed by atoms with van der Waals surface area (Å²) in [6.07, 6.45) is 0.837. The first-order valence-electron chi connectivity index (χ1n) is 5.18. The van der Waals surface area contributed by atoms with Crippen LogP contribution in [0.4, 0.5) is 20.3 Å². The van der Waals surface area contributed by atoms with Crippen LogP contribution in [-0.4, -0.2) is 13.4 Å². The molecule has 2 rings (SSSR count). The summed E-state index contributed by atoms with van der Waals surface area (Å²) >= 11 is 2.87. The van der Waals surface area contributed by atoms with Crippen molar-refractivity contribution in [2.45, 2.75) is 4.90 Å². The van der Waals surface area contributed by atoms with Gasteiger partial charge < -0.3 is 5.73 Å². The van der Waals surface area contributed by atoms with E-state index in [0.29, 0.717) is 0 Å². The Labute approximate surface area is 122 Å². The van der Waals surface area contributed by atoms with Gasteiger partial charge in [-0.05, 0) is 40.2 Å². The number of hydrogen-bond acceptors (Lipinski definition) is 4. The first-order chi connectivity index (χ1) is 9.29. The third kappa shape index (κ3) is 3.05. The van der Waals surface area contributed by atoms with Gasteiger partial charge in [-0.2, -0.15) is 0 Å². The highest BCUT2D eigenvalue weighted by Gasteiger charge is 2.22. The molecule has 0 aliphatic heterocycles. The van der Waals surface area contributed by atoms with Crippen LogP contribution in [0.2, 0.25) is 0 Å². The molecule has 0 unspecified atom stereocenters. The number of rotatable bonds is 3. The van der Waals surface area contributed by atoms with Gasteiger partial charge in [0.1, 0.15) is 16.5 Å². The summed E-state index contributed by atoms with van der Waals surface area (Å²) in [5, 5.41) is 0.